The van der Waals surface area contributed by atoms with E-state index in [1.165, 1.54) is 6.07 Å². The molecule has 1 fully saturated rings. The van der Waals surface area contributed by atoms with Crippen LogP contribution in [0.5, 0.6) is 0 Å². The van der Waals surface area contributed by atoms with Gasteiger partial charge in [0.15, 0.2) is 5.96 Å². The first kappa shape index (κ1) is 25.3. The van der Waals surface area contributed by atoms with E-state index in [-0.39, 0.29) is 42.7 Å². The topological polar surface area (TPSA) is 66.0 Å². The Labute approximate surface area is 186 Å². The van der Waals surface area contributed by atoms with Gasteiger partial charge >= 0.3 is 12.3 Å². The van der Waals surface area contributed by atoms with Crippen LogP contribution in [0.25, 0.3) is 0 Å². The van der Waals surface area contributed by atoms with E-state index in [0.29, 0.717) is 37.8 Å². The number of hydrogen-bond donors (Lipinski definition) is 2. The Balaban J connectivity index is 0.00000420. The number of piperidine rings is 1. The third-order valence-corrected chi connectivity index (χ3v) is 4.38. The predicted octanol–water partition coefficient (Wildman–Crippen LogP) is 4.00. The minimum atomic E-state index is -4.37. The number of ether oxygens (including phenoxy) is 1. The van der Waals surface area contributed by atoms with Crippen molar-refractivity contribution in [2.24, 2.45) is 4.99 Å². The number of amides is 1. The Morgan fingerprint density at radius 2 is 1.97 bits per heavy atom. The number of hydrogen-bond acceptors (Lipinski definition) is 3. The van der Waals surface area contributed by atoms with Gasteiger partial charge in [-0.15, -0.1) is 24.0 Å². The molecule has 1 saturated heterocycles. The summed E-state index contributed by atoms with van der Waals surface area (Å²) in [6.07, 6.45) is -3.18. The number of alkyl halides is 3. The third kappa shape index (κ3) is 8.27. The van der Waals surface area contributed by atoms with Crippen molar-refractivity contribution in [3.63, 3.8) is 0 Å². The van der Waals surface area contributed by atoms with Gasteiger partial charge in [0.25, 0.3) is 0 Å². The molecule has 0 aliphatic carbocycles. The van der Waals surface area contributed by atoms with E-state index in [2.05, 4.69) is 15.6 Å². The quantitative estimate of drug-likeness (QED) is 0.345. The summed E-state index contributed by atoms with van der Waals surface area (Å²) in [5.41, 5.74) is -0.186. The van der Waals surface area contributed by atoms with Crippen LogP contribution < -0.4 is 10.6 Å². The van der Waals surface area contributed by atoms with Crippen LogP contribution in [-0.4, -0.2) is 49.2 Å². The van der Waals surface area contributed by atoms with Gasteiger partial charge in [0.2, 0.25) is 0 Å². The van der Waals surface area contributed by atoms with Crippen LogP contribution in [0.15, 0.2) is 29.3 Å². The molecule has 0 radical (unpaired) electrons. The molecule has 1 aliphatic heterocycles. The van der Waals surface area contributed by atoms with Gasteiger partial charge in [0.05, 0.1) is 18.7 Å². The first-order valence-electron chi connectivity index (χ1n) is 9.46. The summed E-state index contributed by atoms with van der Waals surface area (Å²) in [7, 11) is 0. The Hall–Kier alpha value is -1.72. The fourth-order valence-electron chi connectivity index (χ4n) is 2.95. The Morgan fingerprint density at radius 3 is 2.55 bits per heavy atom. The van der Waals surface area contributed by atoms with Crippen LogP contribution in [0, 0.1) is 0 Å². The lowest BCUT2D eigenvalue weighted by Crippen LogP contribution is -2.49. The van der Waals surface area contributed by atoms with Crippen LogP contribution in [0.1, 0.15) is 37.8 Å². The van der Waals surface area contributed by atoms with Crippen molar-refractivity contribution in [3.8, 4) is 0 Å². The number of benzene rings is 1. The second kappa shape index (κ2) is 12.1. The third-order valence-electron chi connectivity index (χ3n) is 4.38. The summed E-state index contributed by atoms with van der Waals surface area (Å²) in [6.45, 7) is 5.99. The van der Waals surface area contributed by atoms with Crippen LogP contribution in [-0.2, 0) is 17.5 Å². The molecule has 6 nitrogen and oxygen atoms in total. The highest BCUT2D eigenvalue weighted by atomic mass is 127. The average Bonchev–Trinajstić information content (AvgIpc) is 2.66. The molecule has 1 amide bonds. The van der Waals surface area contributed by atoms with Crippen molar-refractivity contribution in [1.82, 2.24) is 15.5 Å². The molecular weight excluding hydrogens is 500 g/mol. The highest BCUT2D eigenvalue weighted by Crippen LogP contribution is 2.29. The average molecular weight is 528 g/mol. The van der Waals surface area contributed by atoms with Crippen molar-refractivity contribution < 1.29 is 22.7 Å². The van der Waals surface area contributed by atoms with Gasteiger partial charge in [-0.05, 0) is 44.4 Å². The maximum Gasteiger partial charge on any atom is 0.416 e. The number of nitrogens with zero attached hydrogens (tertiary/aromatic N) is 2. The summed E-state index contributed by atoms with van der Waals surface area (Å²) in [6, 6.07) is 5.31. The van der Waals surface area contributed by atoms with Crippen LogP contribution in [0.4, 0.5) is 18.0 Å². The SMILES string of the molecule is CCNC(=NCc1cccc(C(F)(F)F)c1)NC1CCN(C(=O)OCC)CC1.I. The van der Waals surface area contributed by atoms with Crippen LogP contribution in [0.2, 0.25) is 0 Å². The fourth-order valence-corrected chi connectivity index (χ4v) is 2.95. The van der Waals surface area contributed by atoms with Gasteiger partial charge in [-0.1, -0.05) is 12.1 Å². The summed E-state index contributed by atoms with van der Waals surface area (Å²) in [4.78, 5) is 17.8. The highest BCUT2D eigenvalue weighted by Gasteiger charge is 2.30. The van der Waals surface area contributed by atoms with Gasteiger partial charge < -0.3 is 20.3 Å². The number of rotatable bonds is 5. The number of likely N-dealkylation sites (tertiary alicyclic amines) is 1. The minimum Gasteiger partial charge on any atom is -0.450 e. The van der Waals surface area contributed by atoms with E-state index >= 15 is 0 Å². The van der Waals surface area contributed by atoms with Crippen LogP contribution >= 0.6 is 24.0 Å². The number of nitrogens with one attached hydrogen (secondary N) is 2. The minimum absolute atomic E-state index is 0. The zero-order valence-corrected chi connectivity index (χ0v) is 18.9. The van der Waals surface area contributed by atoms with E-state index in [1.807, 2.05) is 6.92 Å². The van der Waals surface area contributed by atoms with E-state index < -0.39 is 11.7 Å². The van der Waals surface area contributed by atoms with Crippen LogP contribution in [0.3, 0.4) is 0 Å². The Bertz CT molecular complexity index is 678. The molecule has 0 atom stereocenters. The summed E-state index contributed by atoms with van der Waals surface area (Å²) in [5.74, 6) is 0.550. The van der Waals surface area contributed by atoms with E-state index in [1.54, 1.807) is 17.9 Å². The summed E-state index contributed by atoms with van der Waals surface area (Å²) in [5, 5.41) is 6.41. The van der Waals surface area contributed by atoms with Crippen molar-refractivity contribution in [2.75, 3.05) is 26.2 Å². The maximum atomic E-state index is 12.8. The smallest absolute Gasteiger partial charge is 0.416 e. The standard InChI is InChI=1S/C19H27F3N4O2.HI/c1-3-23-17(24-13-14-6-5-7-15(12-14)19(20,21)22)25-16-8-10-26(11-9-16)18(27)28-4-2;/h5-7,12,16H,3-4,8-11,13H2,1-2H3,(H2,23,24,25);1H. The Kier molecular flexibility index (Phi) is 10.5. The van der Waals surface area contributed by atoms with Gasteiger partial charge in [-0.25, -0.2) is 9.79 Å². The number of carbonyl (C=O) groups is 1. The second-order valence-electron chi connectivity index (χ2n) is 6.50. The number of halogens is 4. The zero-order valence-electron chi connectivity index (χ0n) is 16.6. The maximum absolute atomic E-state index is 12.8. The monoisotopic (exact) mass is 528 g/mol. The van der Waals surface area contributed by atoms with E-state index in [4.69, 9.17) is 4.74 Å². The predicted molar refractivity (Wildman–Crippen MR) is 116 cm³/mol. The lowest BCUT2D eigenvalue weighted by atomic mass is 10.1. The van der Waals surface area contributed by atoms with Crippen molar-refractivity contribution in [3.05, 3.63) is 35.4 Å². The van der Waals surface area contributed by atoms with Gasteiger partial charge in [0, 0.05) is 25.7 Å². The van der Waals surface area contributed by atoms with Gasteiger partial charge in [0.1, 0.15) is 0 Å². The molecule has 0 saturated carbocycles. The van der Waals surface area contributed by atoms with E-state index in [0.717, 1.165) is 25.0 Å². The number of aliphatic imine (C=N–C) groups is 1. The molecular formula is C19H28F3IN4O2. The molecule has 1 aromatic rings. The van der Waals surface area contributed by atoms with Gasteiger partial charge in [-0.3, -0.25) is 0 Å². The fraction of sp³-hybridized carbons (Fsp3) is 0.579. The Morgan fingerprint density at radius 1 is 1.28 bits per heavy atom. The van der Waals surface area contributed by atoms with Gasteiger partial charge in [-0.2, -0.15) is 13.2 Å². The molecule has 0 aromatic heterocycles. The lowest BCUT2D eigenvalue weighted by Gasteiger charge is -2.32. The molecule has 1 heterocycles. The molecule has 1 aliphatic rings. The highest BCUT2D eigenvalue weighted by molar-refractivity contribution is 14.0. The second-order valence-corrected chi connectivity index (χ2v) is 6.50. The molecule has 2 N–H and O–H groups in total. The molecule has 0 bridgehead atoms. The lowest BCUT2D eigenvalue weighted by molar-refractivity contribution is -0.137. The number of carbonyl (C=O) groups excluding carboxylic acids is 1. The molecule has 1 aromatic carbocycles. The summed E-state index contributed by atoms with van der Waals surface area (Å²) >= 11 is 0. The molecule has 10 heteroatoms. The van der Waals surface area contributed by atoms with Crippen molar-refractivity contribution in [2.45, 2.75) is 45.5 Å². The molecule has 0 spiro atoms. The molecule has 2 rings (SSSR count). The first-order chi connectivity index (χ1) is 13.3. The largest absolute Gasteiger partial charge is 0.450 e. The van der Waals surface area contributed by atoms with Crippen molar-refractivity contribution in [1.29, 1.82) is 0 Å². The van der Waals surface area contributed by atoms with Crippen molar-refractivity contribution >= 4 is 36.0 Å². The molecule has 164 valence electrons. The molecule has 0 unspecified atom stereocenters. The number of guanidine groups is 1. The first-order valence-corrected chi connectivity index (χ1v) is 9.46. The normalized spacial score (nSPS) is 15.5. The summed E-state index contributed by atoms with van der Waals surface area (Å²) < 4.78 is 43.5. The molecule has 29 heavy (non-hydrogen) atoms. The van der Waals surface area contributed by atoms with E-state index in [9.17, 15) is 18.0 Å². The zero-order chi connectivity index (χ0) is 20.6.